The molecule has 5 nitrogen and oxygen atoms in total. The van der Waals surface area contributed by atoms with Crippen LogP contribution in [0.25, 0.3) is 11.1 Å². The van der Waals surface area contributed by atoms with Gasteiger partial charge in [0.1, 0.15) is 12.4 Å². The van der Waals surface area contributed by atoms with Crippen LogP contribution >= 0.6 is 0 Å². The topological polar surface area (TPSA) is 58.6 Å². The zero-order valence-corrected chi connectivity index (χ0v) is 15.5. The Morgan fingerprint density at radius 3 is 2.36 bits per heavy atom. The zero-order valence-electron chi connectivity index (χ0n) is 15.5. The summed E-state index contributed by atoms with van der Waals surface area (Å²) >= 11 is 0. The summed E-state index contributed by atoms with van der Waals surface area (Å²) in [5, 5.41) is 2.89. The third kappa shape index (κ3) is 3.60. The van der Waals surface area contributed by atoms with Crippen LogP contribution in [0.5, 0.6) is 5.75 Å². The van der Waals surface area contributed by atoms with Gasteiger partial charge in [-0.2, -0.15) is 0 Å². The van der Waals surface area contributed by atoms with Gasteiger partial charge in [0, 0.05) is 24.2 Å². The first-order chi connectivity index (χ1) is 13.6. The van der Waals surface area contributed by atoms with Crippen molar-refractivity contribution in [1.29, 1.82) is 0 Å². The van der Waals surface area contributed by atoms with Gasteiger partial charge in [0.25, 0.3) is 5.91 Å². The fourth-order valence-corrected chi connectivity index (χ4v) is 3.27. The van der Waals surface area contributed by atoms with Crippen LogP contribution in [-0.2, 0) is 4.79 Å². The van der Waals surface area contributed by atoms with Crippen LogP contribution in [0.2, 0.25) is 0 Å². The molecule has 0 radical (unpaired) electrons. The van der Waals surface area contributed by atoms with Crippen LogP contribution in [0, 0.1) is 0 Å². The number of nitrogens with one attached hydrogen (secondary N) is 1. The maximum absolute atomic E-state index is 12.6. The van der Waals surface area contributed by atoms with Crippen LogP contribution in [0.15, 0.2) is 72.8 Å². The minimum absolute atomic E-state index is 0.0279. The molecule has 0 aromatic heterocycles. The minimum atomic E-state index is -0.196. The fourth-order valence-electron chi connectivity index (χ4n) is 3.27. The first-order valence-corrected chi connectivity index (χ1v) is 9.13. The maximum atomic E-state index is 12.6. The highest BCUT2D eigenvalue weighted by molar-refractivity contribution is 6.05. The summed E-state index contributed by atoms with van der Waals surface area (Å²) in [6, 6.07) is 22.8. The second kappa shape index (κ2) is 7.56. The van der Waals surface area contributed by atoms with Crippen LogP contribution in [0.4, 0.5) is 11.4 Å². The van der Waals surface area contributed by atoms with E-state index in [1.165, 1.54) is 6.92 Å². The summed E-state index contributed by atoms with van der Waals surface area (Å²) in [5.74, 6) is 0.373. The van der Waals surface area contributed by atoms with Gasteiger partial charge in [0.05, 0.1) is 12.2 Å². The fraction of sp³-hybridized carbons (Fsp3) is 0.130. The average molecular weight is 372 g/mol. The molecule has 0 bridgehead atoms. The lowest BCUT2D eigenvalue weighted by Crippen LogP contribution is -2.36. The first kappa shape index (κ1) is 17.8. The lowest BCUT2D eigenvalue weighted by Gasteiger charge is -2.29. The summed E-state index contributed by atoms with van der Waals surface area (Å²) in [6.45, 7) is 2.50. The Labute approximate surface area is 163 Å². The van der Waals surface area contributed by atoms with Gasteiger partial charge in [0.15, 0.2) is 0 Å². The quantitative estimate of drug-likeness (QED) is 0.744. The van der Waals surface area contributed by atoms with Gasteiger partial charge in [-0.05, 0) is 35.4 Å². The van der Waals surface area contributed by atoms with Gasteiger partial charge in [0.2, 0.25) is 5.91 Å². The van der Waals surface area contributed by atoms with E-state index in [0.717, 1.165) is 16.8 Å². The SMILES string of the molecule is CC(=O)N1CCOc2cc(NC(=O)c3ccc(-c4ccccc4)cc3)ccc21. The summed E-state index contributed by atoms with van der Waals surface area (Å²) in [4.78, 5) is 26.0. The molecule has 0 fully saturated rings. The van der Waals surface area contributed by atoms with Crippen molar-refractivity contribution in [3.05, 3.63) is 78.4 Å². The highest BCUT2D eigenvalue weighted by atomic mass is 16.5. The number of carbonyl (C=O) groups is 2. The van der Waals surface area contributed by atoms with E-state index in [0.29, 0.717) is 30.2 Å². The molecule has 28 heavy (non-hydrogen) atoms. The molecule has 0 aliphatic carbocycles. The number of rotatable bonds is 3. The summed E-state index contributed by atoms with van der Waals surface area (Å²) < 4.78 is 5.65. The van der Waals surface area contributed by atoms with E-state index < -0.39 is 0 Å². The Morgan fingerprint density at radius 1 is 0.929 bits per heavy atom. The number of anilines is 2. The summed E-state index contributed by atoms with van der Waals surface area (Å²) in [5.41, 5.74) is 4.09. The van der Waals surface area contributed by atoms with Crippen molar-refractivity contribution >= 4 is 23.2 Å². The number of hydrogen-bond acceptors (Lipinski definition) is 3. The summed E-state index contributed by atoms with van der Waals surface area (Å²) in [6.07, 6.45) is 0. The number of carbonyl (C=O) groups excluding carboxylic acids is 2. The predicted octanol–water partition coefficient (Wildman–Crippen LogP) is 4.35. The Kier molecular flexibility index (Phi) is 4.81. The van der Waals surface area contributed by atoms with Crippen LogP contribution < -0.4 is 15.0 Å². The van der Waals surface area contributed by atoms with Crippen molar-refractivity contribution in [3.63, 3.8) is 0 Å². The molecule has 2 amide bonds. The van der Waals surface area contributed by atoms with Gasteiger partial charge in [-0.15, -0.1) is 0 Å². The number of ether oxygens (including phenoxy) is 1. The molecule has 3 aromatic rings. The maximum Gasteiger partial charge on any atom is 0.255 e. The van der Waals surface area contributed by atoms with Gasteiger partial charge in [-0.3, -0.25) is 9.59 Å². The Hall–Kier alpha value is -3.60. The van der Waals surface area contributed by atoms with E-state index in [2.05, 4.69) is 5.32 Å². The van der Waals surface area contributed by atoms with Crippen molar-refractivity contribution < 1.29 is 14.3 Å². The number of fused-ring (bicyclic) bond motifs is 1. The molecule has 4 rings (SSSR count). The zero-order chi connectivity index (χ0) is 19.5. The lowest BCUT2D eigenvalue weighted by molar-refractivity contribution is -0.116. The molecule has 1 aliphatic rings. The predicted molar refractivity (Wildman–Crippen MR) is 110 cm³/mol. The van der Waals surface area contributed by atoms with Gasteiger partial charge in [-0.25, -0.2) is 0 Å². The van der Waals surface area contributed by atoms with E-state index >= 15 is 0 Å². The lowest BCUT2D eigenvalue weighted by atomic mass is 10.0. The molecule has 1 aliphatic heterocycles. The van der Waals surface area contributed by atoms with Crippen molar-refractivity contribution in [2.45, 2.75) is 6.92 Å². The molecule has 0 unspecified atom stereocenters. The third-order valence-corrected chi connectivity index (χ3v) is 4.72. The molecule has 0 saturated carbocycles. The largest absolute Gasteiger partial charge is 0.489 e. The highest BCUT2D eigenvalue weighted by Crippen LogP contribution is 2.34. The van der Waals surface area contributed by atoms with E-state index in [1.807, 2.05) is 54.6 Å². The van der Waals surface area contributed by atoms with Gasteiger partial charge < -0.3 is 15.0 Å². The molecule has 0 saturated heterocycles. The van der Waals surface area contributed by atoms with Crippen LogP contribution in [0.1, 0.15) is 17.3 Å². The number of benzene rings is 3. The molecule has 140 valence electrons. The van der Waals surface area contributed by atoms with Crippen molar-refractivity contribution in [1.82, 2.24) is 0 Å². The van der Waals surface area contributed by atoms with E-state index in [1.54, 1.807) is 23.1 Å². The Bertz CT molecular complexity index is 1010. The van der Waals surface area contributed by atoms with Crippen LogP contribution in [-0.4, -0.2) is 25.0 Å². The molecule has 5 heteroatoms. The van der Waals surface area contributed by atoms with E-state index in [-0.39, 0.29) is 11.8 Å². The Balaban J connectivity index is 1.50. The molecule has 1 N–H and O–H groups in total. The molecular weight excluding hydrogens is 352 g/mol. The van der Waals surface area contributed by atoms with Crippen molar-refractivity contribution in [3.8, 4) is 16.9 Å². The van der Waals surface area contributed by atoms with Crippen molar-refractivity contribution in [2.24, 2.45) is 0 Å². The molecule has 1 heterocycles. The highest BCUT2D eigenvalue weighted by Gasteiger charge is 2.21. The second-order valence-corrected chi connectivity index (χ2v) is 6.60. The van der Waals surface area contributed by atoms with E-state index in [4.69, 9.17) is 4.74 Å². The van der Waals surface area contributed by atoms with Gasteiger partial charge in [-0.1, -0.05) is 42.5 Å². The number of hydrogen-bond donors (Lipinski definition) is 1. The Morgan fingerprint density at radius 2 is 1.64 bits per heavy atom. The average Bonchev–Trinajstić information content (AvgIpc) is 2.73. The van der Waals surface area contributed by atoms with E-state index in [9.17, 15) is 9.59 Å². The van der Waals surface area contributed by atoms with Gasteiger partial charge >= 0.3 is 0 Å². The molecule has 0 atom stereocenters. The number of amides is 2. The number of nitrogens with zero attached hydrogens (tertiary/aromatic N) is 1. The second-order valence-electron chi connectivity index (χ2n) is 6.60. The molecular formula is C23H20N2O3. The standard InChI is InChI=1S/C23H20N2O3/c1-16(26)25-13-14-28-22-15-20(11-12-21(22)25)24-23(27)19-9-7-18(8-10-19)17-5-3-2-4-6-17/h2-12,15H,13-14H2,1H3,(H,24,27). The molecule has 0 spiro atoms. The van der Waals surface area contributed by atoms with Crippen molar-refractivity contribution in [2.75, 3.05) is 23.4 Å². The minimum Gasteiger partial charge on any atom is -0.489 e. The first-order valence-electron chi connectivity index (χ1n) is 9.13. The smallest absolute Gasteiger partial charge is 0.255 e. The monoisotopic (exact) mass is 372 g/mol. The normalized spacial score (nSPS) is 12.7. The molecule has 3 aromatic carbocycles. The third-order valence-electron chi connectivity index (χ3n) is 4.72. The summed E-state index contributed by atoms with van der Waals surface area (Å²) in [7, 11) is 0. The van der Waals surface area contributed by atoms with Crippen LogP contribution in [0.3, 0.4) is 0 Å².